The van der Waals surface area contributed by atoms with Gasteiger partial charge in [0.1, 0.15) is 11.6 Å². The van der Waals surface area contributed by atoms with E-state index in [0.29, 0.717) is 0 Å². The fourth-order valence-corrected chi connectivity index (χ4v) is 2.64. The SMILES string of the molecule is CC(C)C(=O)CN(CCN(CCN(CC(=O)O)CC(=O)C(C)C)CC(=O)O)CC(=O)O. The summed E-state index contributed by atoms with van der Waals surface area (Å²) >= 11 is 0. The molecule has 0 rings (SSSR count). The van der Waals surface area contributed by atoms with E-state index in [1.54, 1.807) is 27.7 Å². The Hall–Kier alpha value is -2.37. The first-order valence-electron chi connectivity index (χ1n) is 10.2. The zero-order chi connectivity index (χ0) is 24.1. The number of nitrogens with zero attached hydrogens (tertiary/aromatic N) is 3. The van der Waals surface area contributed by atoms with E-state index in [4.69, 9.17) is 10.2 Å². The Morgan fingerprint density at radius 2 is 0.774 bits per heavy atom. The van der Waals surface area contributed by atoms with Crippen LogP contribution in [0.3, 0.4) is 0 Å². The molecule has 0 fully saturated rings. The Morgan fingerprint density at radius 3 is 1.03 bits per heavy atom. The molecule has 0 aromatic carbocycles. The topological polar surface area (TPSA) is 156 Å². The Balaban J connectivity index is 5.09. The molecule has 0 aromatic rings. The number of rotatable bonds is 18. The number of carbonyl (C=O) groups excluding carboxylic acids is 2. The zero-order valence-electron chi connectivity index (χ0n) is 18.7. The van der Waals surface area contributed by atoms with Crippen molar-refractivity contribution >= 4 is 29.5 Å². The van der Waals surface area contributed by atoms with Crippen molar-refractivity contribution in [3.8, 4) is 0 Å². The molecule has 3 N–H and O–H groups in total. The van der Waals surface area contributed by atoms with Gasteiger partial charge in [-0.25, -0.2) is 0 Å². The van der Waals surface area contributed by atoms with E-state index < -0.39 is 17.9 Å². The van der Waals surface area contributed by atoms with Gasteiger partial charge in [0.05, 0.1) is 32.7 Å². The number of carbonyl (C=O) groups is 5. The maximum atomic E-state index is 12.0. The molecule has 0 unspecified atom stereocenters. The van der Waals surface area contributed by atoms with Crippen molar-refractivity contribution in [3.05, 3.63) is 0 Å². The van der Waals surface area contributed by atoms with Gasteiger partial charge in [0.2, 0.25) is 0 Å². The summed E-state index contributed by atoms with van der Waals surface area (Å²) in [6, 6.07) is 0. The van der Waals surface area contributed by atoms with Crippen molar-refractivity contribution in [3.63, 3.8) is 0 Å². The van der Waals surface area contributed by atoms with Crippen LogP contribution in [-0.2, 0) is 24.0 Å². The van der Waals surface area contributed by atoms with Crippen LogP contribution >= 0.6 is 0 Å². The van der Waals surface area contributed by atoms with Crippen LogP contribution in [0, 0.1) is 11.8 Å². The molecule has 11 heteroatoms. The fourth-order valence-electron chi connectivity index (χ4n) is 2.64. The van der Waals surface area contributed by atoms with Crippen molar-refractivity contribution in [1.82, 2.24) is 14.7 Å². The molecular formula is C20H35N3O8. The lowest BCUT2D eigenvalue weighted by Gasteiger charge is -2.28. The summed E-state index contributed by atoms with van der Waals surface area (Å²) in [5.74, 6) is -4.03. The number of carboxylic acids is 3. The van der Waals surface area contributed by atoms with E-state index >= 15 is 0 Å². The van der Waals surface area contributed by atoms with Gasteiger partial charge in [-0.2, -0.15) is 0 Å². The molecule has 0 spiro atoms. The Bertz CT molecular complexity index is 590. The predicted molar refractivity (Wildman–Crippen MR) is 112 cm³/mol. The third-order valence-electron chi connectivity index (χ3n) is 4.59. The number of carboxylic acid groups (broad SMARTS) is 3. The van der Waals surface area contributed by atoms with Crippen LogP contribution in [0.15, 0.2) is 0 Å². The Morgan fingerprint density at radius 1 is 0.516 bits per heavy atom. The quantitative estimate of drug-likeness (QED) is 0.252. The second-order valence-electron chi connectivity index (χ2n) is 8.12. The minimum Gasteiger partial charge on any atom is -0.480 e. The standard InChI is InChI=1S/C20H35N3O8/c1-14(2)16(24)9-22(12-19(28)29)7-5-21(11-18(26)27)6-8-23(13-20(30)31)10-17(25)15(3)4/h14-15H,5-13H2,1-4H3,(H,26,27)(H,28,29)(H,30,31). The van der Waals surface area contributed by atoms with E-state index in [9.17, 15) is 29.1 Å². The number of hydrogen-bond donors (Lipinski definition) is 3. The van der Waals surface area contributed by atoms with Crippen molar-refractivity contribution < 1.29 is 39.3 Å². The largest absolute Gasteiger partial charge is 0.480 e. The maximum absolute atomic E-state index is 12.0. The molecule has 0 aliphatic heterocycles. The molecular weight excluding hydrogens is 410 g/mol. The number of ketones is 2. The minimum absolute atomic E-state index is 0.0566. The molecule has 0 heterocycles. The van der Waals surface area contributed by atoms with Crippen LogP contribution in [0.4, 0.5) is 0 Å². The first-order chi connectivity index (χ1) is 14.3. The second kappa shape index (κ2) is 14.6. The van der Waals surface area contributed by atoms with E-state index in [-0.39, 0.29) is 82.3 Å². The third-order valence-corrected chi connectivity index (χ3v) is 4.59. The highest BCUT2D eigenvalue weighted by molar-refractivity contribution is 5.83. The molecule has 0 aliphatic carbocycles. The normalized spacial score (nSPS) is 11.6. The first-order valence-corrected chi connectivity index (χ1v) is 10.2. The molecule has 178 valence electrons. The van der Waals surface area contributed by atoms with Gasteiger partial charge >= 0.3 is 17.9 Å². The summed E-state index contributed by atoms with van der Waals surface area (Å²) in [5.41, 5.74) is 0. The van der Waals surface area contributed by atoms with Crippen molar-refractivity contribution in [2.24, 2.45) is 11.8 Å². The average Bonchev–Trinajstić information content (AvgIpc) is 2.61. The average molecular weight is 446 g/mol. The third kappa shape index (κ3) is 14.3. The van der Waals surface area contributed by atoms with E-state index in [1.165, 1.54) is 14.7 Å². The van der Waals surface area contributed by atoms with Crippen molar-refractivity contribution in [1.29, 1.82) is 0 Å². The monoisotopic (exact) mass is 445 g/mol. The number of hydrogen-bond acceptors (Lipinski definition) is 8. The summed E-state index contributed by atoms with van der Waals surface area (Å²) in [6.07, 6.45) is 0. The summed E-state index contributed by atoms with van der Waals surface area (Å²) in [7, 11) is 0. The molecule has 11 nitrogen and oxygen atoms in total. The lowest BCUT2D eigenvalue weighted by molar-refractivity contribution is -0.141. The highest BCUT2D eigenvalue weighted by atomic mass is 16.4. The van der Waals surface area contributed by atoms with E-state index in [1.807, 2.05) is 0 Å². The van der Waals surface area contributed by atoms with Crippen LogP contribution in [-0.4, -0.2) is 118 Å². The van der Waals surface area contributed by atoms with E-state index in [2.05, 4.69) is 0 Å². The predicted octanol–water partition coefficient (Wildman–Crippen LogP) is -0.404. The molecule has 0 radical (unpaired) electrons. The summed E-state index contributed by atoms with van der Waals surface area (Å²) in [4.78, 5) is 61.8. The number of aliphatic carboxylic acids is 3. The highest BCUT2D eigenvalue weighted by Crippen LogP contribution is 2.02. The van der Waals surface area contributed by atoms with Crippen LogP contribution < -0.4 is 0 Å². The fraction of sp³-hybridized carbons (Fsp3) is 0.750. The van der Waals surface area contributed by atoms with Crippen LogP contribution in [0.25, 0.3) is 0 Å². The van der Waals surface area contributed by atoms with Gasteiger partial charge in [0.15, 0.2) is 0 Å². The molecule has 0 bridgehead atoms. The van der Waals surface area contributed by atoms with Gasteiger partial charge in [-0.05, 0) is 0 Å². The minimum atomic E-state index is -1.10. The van der Waals surface area contributed by atoms with Gasteiger partial charge in [0.25, 0.3) is 0 Å². The van der Waals surface area contributed by atoms with Crippen molar-refractivity contribution in [2.45, 2.75) is 27.7 Å². The molecule has 0 aliphatic rings. The molecule has 0 saturated carbocycles. The smallest absolute Gasteiger partial charge is 0.317 e. The number of Topliss-reactive ketones (excluding diaryl/α,β-unsaturated/α-hetero) is 2. The summed E-state index contributed by atoms with van der Waals surface area (Å²) in [6.45, 7) is 6.36. The van der Waals surface area contributed by atoms with Gasteiger partial charge < -0.3 is 15.3 Å². The van der Waals surface area contributed by atoms with Gasteiger partial charge in [-0.3, -0.25) is 38.7 Å². The molecule has 31 heavy (non-hydrogen) atoms. The molecule has 0 atom stereocenters. The van der Waals surface area contributed by atoms with Gasteiger partial charge in [-0.15, -0.1) is 0 Å². The van der Waals surface area contributed by atoms with Gasteiger partial charge in [0, 0.05) is 38.0 Å². The molecule has 0 saturated heterocycles. The van der Waals surface area contributed by atoms with Crippen LogP contribution in [0.5, 0.6) is 0 Å². The zero-order valence-corrected chi connectivity index (χ0v) is 18.7. The first kappa shape index (κ1) is 28.6. The molecule has 0 aromatic heterocycles. The van der Waals surface area contributed by atoms with Gasteiger partial charge in [-0.1, -0.05) is 27.7 Å². The molecule has 0 amide bonds. The summed E-state index contributed by atoms with van der Waals surface area (Å²) < 4.78 is 0. The Kier molecular flexibility index (Phi) is 13.5. The lowest BCUT2D eigenvalue weighted by atomic mass is 10.1. The lowest BCUT2D eigenvalue weighted by Crippen LogP contribution is -2.46. The maximum Gasteiger partial charge on any atom is 0.317 e. The van der Waals surface area contributed by atoms with E-state index in [0.717, 1.165) is 0 Å². The van der Waals surface area contributed by atoms with Crippen molar-refractivity contribution in [2.75, 3.05) is 58.9 Å². The second-order valence-corrected chi connectivity index (χ2v) is 8.12. The highest BCUT2D eigenvalue weighted by Gasteiger charge is 2.21. The summed E-state index contributed by atoms with van der Waals surface area (Å²) in [5, 5.41) is 27.3. The Labute approximate surface area is 182 Å². The van der Waals surface area contributed by atoms with Crippen LogP contribution in [0.2, 0.25) is 0 Å². The van der Waals surface area contributed by atoms with Crippen LogP contribution in [0.1, 0.15) is 27.7 Å².